The lowest BCUT2D eigenvalue weighted by atomic mass is 10.0. The zero-order valence-corrected chi connectivity index (χ0v) is 14.7. The fourth-order valence-corrected chi connectivity index (χ4v) is 2.98. The fraction of sp³-hybridized carbons (Fsp3) is 0.294. The Morgan fingerprint density at radius 2 is 1.92 bits per heavy atom. The number of amides is 1. The third-order valence-corrected chi connectivity index (χ3v) is 4.39. The van der Waals surface area contributed by atoms with Gasteiger partial charge in [0.05, 0.1) is 17.4 Å². The molecule has 25 heavy (non-hydrogen) atoms. The van der Waals surface area contributed by atoms with Gasteiger partial charge in [0.1, 0.15) is 6.04 Å². The fourth-order valence-electron chi connectivity index (χ4n) is 2.51. The van der Waals surface area contributed by atoms with Crippen LogP contribution in [0.1, 0.15) is 16.8 Å². The molecule has 8 heteroatoms. The third-order valence-electron chi connectivity index (χ3n) is 3.74. The van der Waals surface area contributed by atoms with Crippen molar-refractivity contribution in [2.75, 3.05) is 19.1 Å². The van der Waals surface area contributed by atoms with Crippen LogP contribution >= 0.6 is 11.8 Å². The number of benzene rings is 2. The molecule has 0 saturated heterocycles. The predicted molar refractivity (Wildman–Crippen MR) is 96.9 cm³/mol. The van der Waals surface area contributed by atoms with Gasteiger partial charge >= 0.3 is 5.97 Å². The number of non-ortho nitro benzene ring substituents is 1. The van der Waals surface area contributed by atoms with E-state index in [1.807, 2.05) is 6.26 Å². The molecule has 0 radical (unpaired) electrons. The molecule has 0 aromatic heterocycles. The van der Waals surface area contributed by atoms with Crippen LogP contribution in [0.5, 0.6) is 0 Å². The Kier molecular flexibility index (Phi) is 6.35. The van der Waals surface area contributed by atoms with E-state index in [2.05, 4.69) is 5.32 Å². The van der Waals surface area contributed by atoms with Crippen molar-refractivity contribution in [2.45, 2.75) is 12.5 Å². The van der Waals surface area contributed by atoms with Gasteiger partial charge < -0.3 is 10.1 Å². The summed E-state index contributed by atoms with van der Waals surface area (Å²) in [4.78, 5) is 35.2. The van der Waals surface area contributed by atoms with Gasteiger partial charge in [-0.05, 0) is 30.6 Å². The second-order valence-electron chi connectivity index (χ2n) is 5.27. The molecule has 0 aliphatic rings. The maximum absolute atomic E-state index is 12.6. The highest BCUT2D eigenvalue weighted by Gasteiger charge is 2.23. The zero-order valence-electron chi connectivity index (χ0n) is 13.9. The lowest BCUT2D eigenvalue weighted by Crippen LogP contribution is -2.42. The van der Waals surface area contributed by atoms with Crippen molar-refractivity contribution in [2.24, 2.45) is 0 Å². The van der Waals surface area contributed by atoms with Crippen molar-refractivity contribution in [1.82, 2.24) is 5.32 Å². The molecular weight excluding hydrogens is 344 g/mol. The van der Waals surface area contributed by atoms with E-state index in [1.54, 1.807) is 36.0 Å². The Hall–Kier alpha value is -2.61. The van der Waals surface area contributed by atoms with Crippen LogP contribution in [0.2, 0.25) is 0 Å². The molecule has 0 heterocycles. The molecule has 0 bridgehead atoms. The van der Waals surface area contributed by atoms with Crippen LogP contribution in [0.15, 0.2) is 36.4 Å². The minimum Gasteiger partial charge on any atom is -0.467 e. The molecule has 2 aromatic rings. The molecule has 7 nitrogen and oxygen atoms in total. The second-order valence-corrected chi connectivity index (χ2v) is 6.25. The van der Waals surface area contributed by atoms with E-state index in [-0.39, 0.29) is 11.3 Å². The van der Waals surface area contributed by atoms with Crippen molar-refractivity contribution >= 4 is 40.1 Å². The number of methoxy groups -OCH3 is 1. The van der Waals surface area contributed by atoms with Gasteiger partial charge in [-0.3, -0.25) is 14.9 Å². The average Bonchev–Trinajstić information content (AvgIpc) is 2.63. The van der Waals surface area contributed by atoms with Gasteiger partial charge in [0, 0.05) is 17.0 Å². The number of thioether (sulfide) groups is 1. The lowest BCUT2D eigenvalue weighted by Gasteiger charge is -2.16. The molecule has 0 spiro atoms. The monoisotopic (exact) mass is 362 g/mol. The molecular formula is C17H18N2O5S. The Labute approximate surface area is 148 Å². The van der Waals surface area contributed by atoms with Crippen LogP contribution in [-0.4, -0.2) is 42.0 Å². The van der Waals surface area contributed by atoms with Crippen molar-refractivity contribution in [3.8, 4) is 0 Å². The third kappa shape index (κ3) is 4.27. The van der Waals surface area contributed by atoms with E-state index in [1.165, 1.54) is 19.2 Å². The van der Waals surface area contributed by atoms with Gasteiger partial charge in [-0.2, -0.15) is 11.8 Å². The van der Waals surface area contributed by atoms with Gasteiger partial charge in [0.25, 0.3) is 11.6 Å². The summed E-state index contributed by atoms with van der Waals surface area (Å²) in [6.45, 7) is 0. The van der Waals surface area contributed by atoms with E-state index in [0.29, 0.717) is 22.9 Å². The van der Waals surface area contributed by atoms with Crippen LogP contribution in [-0.2, 0) is 9.53 Å². The molecule has 1 atom stereocenters. The number of esters is 1. The molecule has 0 saturated carbocycles. The number of rotatable bonds is 7. The summed E-state index contributed by atoms with van der Waals surface area (Å²) in [7, 11) is 1.27. The quantitative estimate of drug-likeness (QED) is 0.462. The van der Waals surface area contributed by atoms with E-state index in [0.717, 1.165) is 0 Å². The highest BCUT2D eigenvalue weighted by atomic mass is 32.2. The number of nitro benzene ring substituents is 1. The number of fused-ring (bicyclic) bond motifs is 1. The molecule has 1 amide bonds. The first kappa shape index (κ1) is 18.7. The van der Waals surface area contributed by atoms with Crippen molar-refractivity contribution < 1.29 is 19.2 Å². The van der Waals surface area contributed by atoms with Gasteiger partial charge in [-0.1, -0.05) is 18.2 Å². The van der Waals surface area contributed by atoms with Crippen molar-refractivity contribution in [3.63, 3.8) is 0 Å². The van der Waals surface area contributed by atoms with Crippen LogP contribution in [0.3, 0.4) is 0 Å². The van der Waals surface area contributed by atoms with Crippen LogP contribution in [0, 0.1) is 10.1 Å². The molecule has 2 aromatic carbocycles. The zero-order chi connectivity index (χ0) is 18.4. The number of nitro groups is 1. The summed E-state index contributed by atoms with van der Waals surface area (Å²) in [6, 6.07) is 8.55. The van der Waals surface area contributed by atoms with Crippen molar-refractivity contribution in [3.05, 3.63) is 52.1 Å². The Balaban J connectivity index is 2.37. The summed E-state index contributed by atoms with van der Waals surface area (Å²) in [5, 5.41) is 14.7. The highest BCUT2D eigenvalue weighted by molar-refractivity contribution is 7.98. The maximum Gasteiger partial charge on any atom is 0.328 e. The number of nitrogens with one attached hydrogen (secondary N) is 1. The van der Waals surface area contributed by atoms with Gasteiger partial charge in [-0.15, -0.1) is 0 Å². The van der Waals surface area contributed by atoms with Gasteiger partial charge in [0.2, 0.25) is 0 Å². The first-order chi connectivity index (χ1) is 12.0. The molecule has 0 unspecified atom stereocenters. The van der Waals surface area contributed by atoms with E-state index in [4.69, 9.17) is 4.74 Å². The number of ether oxygens (including phenoxy) is 1. The normalized spacial score (nSPS) is 11.8. The summed E-state index contributed by atoms with van der Waals surface area (Å²) in [5.74, 6) is -0.308. The lowest BCUT2D eigenvalue weighted by molar-refractivity contribution is -0.383. The summed E-state index contributed by atoms with van der Waals surface area (Å²) in [6.07, 6.45) is 2.34. The number of hydrogen-bond acceptors (Lipinski definition) is 6. The molecule has 0 aliphatic heterocycles. The SMILES string of the molecule is COC(=O)[C@H](CCSC)NC(=O)c1cccc2c([N+](=O)[O-])cccc12. The minimum absolute atomic E-state index is 0.0703. The average molecular weight is 362 g/mol. The Morgan fingerprint density at radius 1 is 1.24 bits per heavy atom. The number of hydrogen-bond donors (Lipinski definition) is 1. The molecule has 1 N–H and O–H groups in total. The number of carbonyl (C=O) groups excluding carboxylic acids is 2. The minimum atomic E-state index is -0.765. The van der Waals surface area contributed by atoms with Gasteiger partial charge in [-0.25, -0.2) is 4.79 Å². The standard InChI is InChI=1S/C17H18N2O5S/c1-24-17(21)14(9-10-25-2)18-16(20)13-7-3-6-12-11(13)5-4-8-15(12)19(22)23/h3-8,14H,9-10H2,1-2H3,(H,18,20)/t14-/m0/s1. The Morgan fingerprint density at radius 3 is 2.56 bits per heavy atom. The van der Waals surface area contributed by atoms with Gasteiger partial charge in [0.15, 0.2) is 0 Å². The molecule has 0 fully saturated rings. The summed E-state index contributed by atoms with van der Waals surface area (Å²) >= 11 is 1.55. The topological polar surface area (TPSA) is 98.5 Å². The van der Waals surface area contributed by atoms with E-state index in [9.17, 15) is 19.7 Å². The van der Waals surface area contributed by atoms with Crippen LogP contribution in [0.4, 0.5) is 5.69 Å². The molecule has 132 valence electrons. The largest absolute Gasteiger partial charge is 0.467 e. The predicted octanol–water partition coefficient (Wildman–Crippen LogP) is 2.77. The van der Waals surface area contributed by atoms with E-state index < -0.39 is 22.8 Å². The number of nitrogens with zero attached hydrogens (tertiary/aromatic N) is 1. The summed E-state index contributed by atoms with van der Waals surface area (Å²) < 4.78 is 4.73. The summed E-state index contributed by atoms with van der Waals surface area (Å²) in [5.41, 5.74) is 0.207. The highest BCUT2D eigenvalue weighted by Crippen LogP contribution is 2.27. The van der Waals surface area contributed by atoms with Crippen LogP contribution < -0.4 is 5.32 Å². The van der Waals surface area contributed by atoms with Crippen LogP contribution in [0.25, 0.3) is 10.8 Å². The maximum atomic E-state index is 12.6. The van der Waals surface area contributed by atoms with Crippen molar-refractivity contribution in [1.29, 1.82) is 0 Å². The van der Waals surface area contributed by atoms with E-state index >= 15 is 0 Å². The number of carbonyl (C=O) groups is 2. The first-order valence-electron chi connectivity index (χ1n) is 7.53. The molecule has 0 aliphatic carbocycles. The smallest absolute Gasteiger partial charge is 0.328 e. The first-order valence-corrected chi connectivity index (χ1v) is 8.92. The Bertz CT molecular complexity index is 809. The second kappa shape index (κ2) is 8.48. The molecule has 2 rings (SSSR count).